The first-order valence-electron chi connectivity index (χ1n) is 8.19. The molecule has 0 spiro atoms. The Hall–Kier alpha value is -3.36. The van der Waals surface area contributed by atoms with Gasteiger partial charge in [0.25, 0.3) is 5.91 Å². The lowest BCUT2D eigenvalue weighted by atomic mass is 10.0. The van der Waals surface area contributed by atoms with E-state index in [0.717, 1.165) is 0 Å². The second kappa shape index (κ2) is 8.84. The van der Waals surface area contributed by atoms with E-state index in [4.69, 9.17) is 19.9 Å². The zero-order valence-electron chi connectivity index (χ0n) is 15.6. The SMILES string of the molecule is COc1cc(OC)nc(Oc2ccccc2C(=O)N[C@H](C(N)=O)C(C)C)n1. The lowest BCUT2D eigenvalue weighted by molar-refractivity contribution is -0.120. The number of carbonyl (C=O) groups excluding carboxylic acids is 2. The molecule has 9 nitrogen and oxygen atoms in total. The van der Waals surface area contributed by atoms with Crippen molar-refractivity contribution in [3.8, 4) is 23.5 Å². The van der Waals surface area contributed by atoms with E-state index in [1.165, 1.54) is 20.3 Å². The van der Waals surface area contributed by atoms with Crippen molar-refractivity contribution in [2.75, 3.05) is 14.2 Å². The second-order valence-electron chi connectivity index (χ2n) is 5.93. The van der Waals surface area contributed by atoms with E-state index in [0.29, 0.717) is 0 Å². The fraction of sp³-hybridized carbons (Fsp3) is 0.333. The highest BCUT2D eigenvalue weighted by Crippen LogP contribution is 2.26. The third-order valence-electron chi connectivity index (χ3n) is 3.67. The summed E-state index contributed by atoms with van der Waals surface area (Å²) in [5.74, 6) is -0.585. The van der Waals surface area contributed by atoms with Crippen LogP contribution in [0.4, 0.5) is 0 Å². The fourth-order valence-electron chi connectivity index (χ4n) is 2.27. The Morgan fingerprint density at radius 3 is 2.19 bits per heavy atom. The van der Waals surface area contributed by atoms with Gasteiger partial charge >= 0.3 is 6.01 Å². The largest absolute Gasteiger partial charge is 0.481 e. The molecular weight excluding hydrogens is 352 g/mol. The monoisotopic (exact) mass is 374 g/mol. The van der Waals surface area contributed by atoms with Crippen LogP contribution in [0.2, 0.25) is 0 Å². The van der Waals surface area contributed by atoms with Gasteiger partial charge in [0.2, 0.25) is 17.7 Å². The molecule has 144 valence electrons. The summed E-state index contributed by atoms with van der Waals surface area (Å²) in [5.41, 5.74) is 5.56. The van der Waals surface area contributed by atoms with Crippen molar-refractivity contribution < 1.29 is 23.8 Å². The van der Waals surface area contributed by atoms with Crippen LogP contribution in [-0.4, -0.2) is 42.0 Å². The van der Waals surface area contributed by atoms with Gasteiger partial charge in [0.15, 0.2) is 0 Å². The van der Waals surface area contributed by atoms with Crippen molar-refractivity contribution in [1.29, 1.82) is 0 Å². The number of ether oxygens (including phenoxy) is 3. The van der Waals surface area contributed by atoms with Crippen LogP contribution >= 0.6 is 0 Å². The molecule has 2 rings (SSSR count). The number of primary amides is 1. The summed E-state index contributed by atoms with van der Waals surface area (Å²) in [5, 5.41) is 2.62. The zero-order valence-corrected chi connectivity index (χ0v) is 15.6. The molecule has 2 amide bonds. The summed E-state index contributed by atoms with van der Waals surface area (Å²) in [4.78, 5) is 32.3. The van der Waals surface area contributed by atoms with Gasteiger partial charge in [0.05, 0.1) is 25.8 Å². The van der Waals surface area contributed by atoms with Gasteiger partial charge in [-0.05, 0) is 18.1 Å². The van der Waals surface area contributed by atoms with Gasteiger partial charge in [0.1, 0.15) is 11.8 Å². The molecule has 1 aromatic carbocycles. The van der Waals surface area contributed by atoms with Crippen molar-refractivity contribution in [3.05, 3.63) is 35.9 Å². The number of para-hydroxylation sites is 1. The van der Waals surface area contributed by atoms with Crippen LogP contribution in [0.15, 0.2) is 30.3 Å². The normalized spacial score (nSPS) is 11.6. The molecule has 3 N–H and O–H groups in total. The Labute approximate surface area is 156 Å². The number of methoxy groups -OCH3 is 2. The van der Waals surface area contributed by atoms with Crippen LogP contribution in [0.3, 0.4) is 0 Å². The number of hydrogen-bond donors (Lipinski definition) is 2. The molecule has 0 aliphatic heterocycles. The number of aromatic nitrogens is 2. The van der Waals surface area contributed by atoms with Crippen molar-refractivity contribution in [3.63, 3.8) is 0 Å². The molecule has 0 saturated heterocycles. The molecule has 1 heterocycles. The summed E-state index contributed by atoms with van der Waals surface area (Å²) < 4.78 is 15.8. The topological polar surface area (TPSA) is 126 Å². The maximum Gasteiger partial charge on any atom is 0.328 e. The Balaban J connectivity index is 2.30. The van der Waals surface area contributed by atoms with Crippen LogP contribution in [0.1, 0.15) is 24.2 Å². The van der Waals surface area contributed by atoms with E-state index in [9.17, 15) is 9.59 Å². The molecule has 0 aliphatic rings. The van der Waals surface area contributed by atoms with Crippen LogP contribution in [0, 0.1) is 5.92 Å². The molecule has 0 fully saturated rings. The Kier molecular flexibility index (Phi) is 6.53. The van der Waals surface area contributed by atoms with Crippen molar-refractivity contribution >= 4 is 11.8 Å². The minimum Gasteiger partial charge on any atom is -0.481 e. The first kappa shape index (κ1) is 20.0. The predicted molar refractivity (Wildman–Crippen MR) is 96.9 cm³/mol. The van der Waals surface area contributed by atoms with E-state index in [-0.39, 0.29) is 35.0 Å². The molecule has 27 heavy (non-hydrogen) atoms. The quantitative estimate of drug-likeness (QED) is 0.717. The Bertz CT molecular complexity index is 803. The average molecular weight is 374 g/mol. The number of benzene rings is 1. The van der Waals surface area contributed by atoms with E-state index in [2.05, 4.69) is 15.3 Å². The number of rotatable bonds is 8. The van der Waals surface area contributed by atoms with Gasteiger partial charge in [-0.25, -0.2) is 0 Å². The maximum absolute atomic E-state index is 12.6. The first-order chi connectivity index (χ1) is 12.8. The highest BCUT2D eigenvalue weighted by molar-refractivity contribution is 5.99. The van der Waals surface area contributed by atoms with E-state index in [1.807, 2.05) is 0 Å². The predicted octanol–water partition coefficient (Wildman–Crippen LogP) is 1.53. The molecule has 0 bridgehead atoms. The molecule has 0 saturated carbocycles. The van der Waals surface area contributed by atoms with E-state index >= 15 is 0 Å². The maximum atomic E-state index is 12.6. The zero-order chi connectivity index (χ0) is 20.0. The molecule has 9 heteroatoms. The molecular formula is C18H22N4O5. The minimum absolute atomic E-state index is 0.0539. The van der Waals surface area contributed by atoms with Gasteiger partial charge in [-0.1, -0.05) is 26.0 Å². The van der Waals surface area contributed by atoms with Gasteiger partial charge in [-0.2, -0.15) is 9.97 Å². The van der Waals surface area contributed by atoms with Crippen LogP contribution in [0.5, 0.6) is 23.5 Å². The van der Waals surface area contributed by atoms with Crippen LogP contribution in [0.25, 0.3) is 0 Å². The highest BCUT2D eigenvalue weighted by atomic mass is 16.5. The summed E-state index contributed by atoms with van der Waals surface area (Å²) in [6, 6.07) is 7.13. The molecule has 1 aromatic heterocycles. The molecule has 2 aromatic rings. The summed E-state index contributed by atoms with van der Waals surface area (Å²) >= 11 is 0. The van der Waals surface area contributed by atoms with E-state index in [1.54, 1.807) is 38.1 Å². The number of nitrogens with one attached hydrogen (secondary N) is 1. The third-order valence-corrected chi connectivity index (χ3v) is 3.67. The summed E-state index contributed by atoms with van der Waals surface area (Å²) in [7, 11) is 2.89. The lowest BCUT2D eigenvalue weighted by Crippen LogP contribution is -2.47. The number of carbonyl (C=O) groups is 2. The minimum atomic E-state index is -0.807. The molecule has 0 radical (unpaired) electrons. The Morgan fingerprint density at radius 2 is 1.67 bits per heavy atom. The van der Waals surface area contributed by atoms with Gasteiger partial charge in [-0.15, -0.1) is 0 Å². The van der Waals surface area contributed by atoms with Crippen LogP contribution < -0.4 is 25.3 Å². The summed E-state index contributed by atoms with van der Waals surface area (Å²) in [6.07, 6.45) is 0. The molecule has 0 unspecified atom stereocenters. The number of nitrogens with zero attached hydrogens (tertiary/aromatic N) is 2. The lowest BCUT2D eigenvalue weighted by Gasteiger charge is -2.19. The molecule has 0 aliphatic carbocycles. The third kappa shape index (κ3) is 5.06. The van der Waals surface area contributed by atoms with Gasteiger partial charge in [0, 0.05) is 0 Å². The van der Waals surface area contributed by atoms with Crippen molar-refractivity contribution in [2.45, 2.75) is 19.9 Å². The highest BCUT2D eigenvalue weighted by Gasteiger charge is 2.24. The second-order valence-corrected chi connectivity index (χ2v) is 5.93. The van der Waals surface area contributed by atoms with Gasteiger partial charge < -0.3 is 25.3 Å². The standard InChI is InChI=1S/C18H22N4O5/c1-10(2)15(16(19)23)22-17(24)11-7-5-6-8-12(11)27-18-20-13(25-3)9-14(21-18)26-4/h5-10,15H,1-4H3,(H2,19,23)(H,22,24)/t15-/m0/s1. The number of amides is 2. The number of hydrogen-bond acceptors (Lipinski definition) is 7. The fourth-order valence-corrected chi connectivity index (χ4v) is 2.27. The van der Waals surface area contributed by atoms with E-state index < -0.39 is 17.9 Å². The summed E-state index contributed by atoms with van der Waals surface area (Å²) in [6.45, 7) is 3.57. The smallest absolute Gasteiger partial charge is 0.328 e. The Morgan fingerprint density at radius 1 is 1.07 bits per heavy atom. The van der Waals surface area contributed by atoms with Crippen LogP contribution in [-0.2, 0) is 4.79 Å². The van der Waals surface area contributed by atoms with Gasteiger partial charge in [-0.3, -0.25) is 9.59 Å². The number of nitrogens with two attached hydrogens (primary N) is 1. The van der Waals surface area contributed by atoms with Crippen molar-refractivity contribution in [2.24, 2.45) is 11.7 Å². The average Bonchev–Trinajstić information content (AvgIpc) is 2.65. The van der Waals surface area contributed by atoms with Crippen molar-refractivity contribution in [1.82, 2.24) is 15.3 Å². The first-order valence-corrected chi connectivity index (χ1v) is 8.19. The molecule has 1 atom stereocenters.